The van der Waals surface area contributed by atoms with E-state index in [0.29, 0.717) is 12.2 Å². The molecular weight excluding hydrogens is 187 g/mol. The van der Waals surface area contributed by atoms with Crippen LogP contribution in [-0.2, 0) is 9.09 Å². The standard InChI is InChI=1S/C9H11O3P/c1-7(2)8-3-5-9(6-4-8)12-13(10)11/h3,5H,1,4,6H2,2H3/p+1. The second-order valence-corrected chi connectivity index (χ2v) is 3.59. The minimum Gasteiger partial charge on any atom is -0.234 e. The summed E-state index contributed by atoms with van der Waals surface area (Å²) in [4.78, 5) is 8.49. The Morgan fingerprint density at radius 1 is 1.62 bits per heavy atom. The minimum atomic E-state index is -2.52. The molecule has 0 heterocycles. The second kappa shape index (κ2) is 4.35. The zero-order chi connectivity index (χ0) is 9.84. The molecule has 70 valence electrons. The van der Waals surface area contributed by atoms with Gasteiger partial charge in [-0.1, -0.05) is 18.2 Å². The van der Waals surface area contributed by atoms with E-state index >= 15 is 0 Å². The molecule has 1 unspecified atom stereocenters. The minimum absolute atomic E-state index is 0.564. The molecule has 1 aliphatic carbocycles. The zero-order valence-corrected chi connectivity index (χ0v) is 8.38. The van der Waals surface area contributed by atoms with Gasteiger partial charge in [-0.15, -0.1) is 4.89 Å². The maximum absolute atomic E-state index is 10.3. The highest BCUT2D eigenvalue weighted by Gasteiger charge is 2.18. The van der Waals surface area contributed by atoms with E-state index in [1.807, 2.05) is 13.0 Å². The molecule has 0 aromatic rings. The highest BCUT2D eigenvalue weighted by molar-refractivity contribution is 7.32. The van der Waals surface area contributed by atoms with Crippen molar-refractivity contribution < 1.29 is 14.0 Å². The van der Waals surface area contributed by atoms with Crippen LogP contribution >= 0.6 is 8.25 Å². The van der Waals surface area contributed by atoms with E-state index in [0.717, 1.165) is 12.0 Å². The first-order valence-electron chi connectivity index (χ1n) is 3.99. The van der Waals surface area contributed by atoms with Gasteiger partial charge in [-0.2, -0.15) is 0 Å². The average molecular weight is 199 g/mol. The van der Waals surface area contributed by atoms with E-state index in [-0.39, 0.29) is 0 Å². The molecule has 0 fully saturated rings. The lowest BCUT2D eigenvalue weighted by Gasteiger charge is -2.09. The first-order valence-corrected chi connectivity index (χ1v) is 5.12. The molecule has 1 aliphatic rings. The molecule has 0 aromatic heterocycles. The highest BCUT2D eigenvalue weighted by Crippen LogP contribution is 2.29. The molecule has 4 heteroatoms. The molecule has 3 nitrogen and oxygen atoms in total. The maximum atomic E-state index is 10.3. The second-order valence-electron chi connectivity index (χ2n) is 2.93. The van der Waals surface area contributed by atoms with Gasteiger partial charge in [-0.25, -0.2) is 4.52 Å². The van der Waals surface area contributed by atoms with E-state index in [2.05, 4.69) is 11.1 Å². The van der Waals surface area contributed by atoms with Crippen LogP contribution in [-0.4, -0.2) is 4.89 Å². The van der Waals surface area contributed by atoms with Crippen molar-refractivity contribution >= 4 is 8.25 Å². The Bertz CT molecular complexity index is 302. The van der Waals surface area contributed by atoms with Crippen LogP contribution in [0.5, 0.6) is 0 Å². The lowest BCUT2D eigenvalue weighted by Crippen LogP contribution is -1.94. The zero-order valence-electron chi connectivity index (χ0n) is 7.49. The fraction of sp³-hybridized carbons (Fsp3) is 0.333. The van der Waals surface area contributed by atoms with Crippen molar-refractivity contribution in [2.75, 3.05) is 0 Å². The van der Waals surface area contributed by atoms with Gasteiger partial charge in [0.15, 0.2) is 5.76 Å². The van der Waals surface area contributed by atoms with Crippen molar-refractivity contribution in [3.63, 3.8) is 0 Å². The fourth-order valence-electron chi connectivity index (χ4n) is 1.15. The van der Waals surface area contributed by atoms with E-state index in [4.69, 9.17) is 4.89 Å². The lowest BCUT2D eigenvalue weighted by molar-refractivity contribution is 0.339. The molecule has 0 saturated heterocycles. The molecule has 0 aliphatic heterocycles. The normalized spacial score (nSPS) is 17.2. The Morgan fingerprint density at radius 2 is 2.31 bits per heavy atom. The first kappa shape index (κ1) is 10.2. The summed E-state index contributed by atoms with van der Waals surface area (Å²) in [6.45, 7) is 5.76. The van der Waals surface area contributed by atoms with Gasteiger partial charge in [-0.3, -0.25) is 0 Å². The number of hydrogen-bond acceptors (Lipinski definition) is 2. The Kier molecular flexibility index (Phi) is 3.40. The molecule has 1 N–H and O–H groups in total. The van der Waals surface area contributed by atoms with Crippen LogP contribution in [0.1, 0.15) is 19.8 Å². The van der Waals surface area contributed by atoms with Crippen molar-refractivity contribution in [1.29, 1.82) is 0 Å². The molecule has 0 radical (unpaired) electrons. The van der Waals surface area contributed by atoms with Crippen molar-refractivity contribution in [3.05, 3.63) is 35.6 Å². The number of hydrogen-bond donors (Lipinski definition) is 1. The van der Waals surface area contributed by atoms with Gasteiger partial charge >= 0.3 is 8.25 Å². The van der Waals surface area contributed by atoms with Gasteiger partial charge < -0.3 is 0 Å². The van der Waals surface area contributed by atoms with Crippen LogP contribution in [0, 0.1) is 0 Å². The predicted octanol–water partition coefficient (Wildman–Crippen LogP) is 2.83. The van der Waals surface area contributed by atoms with E-state index in [1.54, 1.807) is 6.08 Å². The molecule has 1 atom stereocenters. The van der Waals surface area contributed by atoms with Crippen LogP contribution in [0.15, 0.2) is 35.6 Å². The summed E-state index contributed by atoms with van der Waals surface area (Å²) in [7, 11) is -2.52. The van der Waals surface area contributed by atoms with Gasteiger partial charge in [0.1, 0.15) is 0 Å². The number of rotatable bonds is 3. The van der Waals surface area contributed by atoms with Gasteiger partial charge in [-0.05, 0) is 25.0 Å². The van der Waals surface area contributed by atoms with E-state index in [1.165, 1.54) is 5.57 Å². The fourth-order valence-corrected chi connectivity index (χ4v) is 1.50. The van der Waals surface area contributed by atoms with Crippen molar-refractivity contribution in [3.8, 4) is 0 Å². The molecule has 0 bridgehead atoms. The molecule has 1 rings (SSSR count). The van der Waals surface area contributed by atoms with Crippen LogP contribution in [0.2, 0.25) is 0 Å². The van der Waals surface area contributed by atoms with Crippen molar-refractivity contribution in [1.82, 2.24) is 0 Å². The third kappa shape index (κ3) is 3.13. The van der Waals surface area contributed by atoms with Crippen molar-refractivity contribution in [2.45, 2.75) is 19.8 Å². The summed E-state index contributed by atoms with van der Waals surface area (Å²) in [6, 6.07) is 0. The van der Waals surface area contributed by atoms with Gasteiger partial charge in [0.05, 0.1) is 0 Å². The summed E-state index contributed by atoms with van der Waals surface area (Å²) < 4.78 is 15.0. The topological polar surface area (TPSA) is 46.5 Å². The van der Waals surface area contributed by atoms with Gasteiger partial charge in [0.2, 0.25) is 0 Å². The molecule has 0 spiro atoms. The largest absolute Gasteiger partial charge is 0.747 e. The predicted molar refractivity (Wildman–Crippen MR) is 51.1 cm³/mol. The molecule has 13 heavy (non-hydrogen) atoms. The summed E-state index contributed by atoms with van der Waals surface area (Å²) in [5.41, 5.74) is 2.20. The lowest BCUT2D eigenvalue weighted by atomic mass is 9.99. The smallest absolute Gasteiger partial charge is 0.234 e. The molecule has 0 aromatic carbocycles. The monoisotopic (exact) mass is 199 g/mol. The summed E-state index contributed by atoms with van der Waals surface area (Å²) in [5, 5.41) is 0. The van der Waals surface area contributed by atoms with Crippen LogP contribution < -0.4 is 0 Å². The highest BCUT2D eigenvalue weighted by atomic mass is 31.1. The quantitative estimate of drug-likeness (QED) is 0.711. The SMILES string of the molecule is C=C(C)C1=CC=C(O[P+](=O)O)CC1. The van der Waals surface area contributed by atoms with Crippen LogP contribution in [0.3, 0.4) is 0 Å². The maximum Gasteiger partial charge on any atom is 0.747 e. The third-order valence-corrected chi connectivity index (χ3v) is 2.25. The van der Waals surface area contributed by atoms with Crippen LogP contribution in [0.25, 0.3) is 0 Å². The van der Waals surface area contributed by atoms with Gasteiger partial charge in [0.25, 0.3) is 0 Å². The third-order valence-electron chi connectivity index (χ3n) is 1.85. The van der Waals surface area contributed by atoms with E-state index in [9.17, 15) is 4.57 Å². The Morgan fingerprint density at radius 3 is 2.69 bits per heavy atom. The first-order chi connectivity index (χ1) is 6.09. The molecule has 0 amide bonds. The van der Waals surface area contributed by atoms with Crippen molar-refractivity contribution in [2.24, 2.45) is 0 Å². The van der Waals surface area contributed by atoms with E-state index < -0.39 is 8.25 Å². The van der Waals surface area contributed by atoms with Gasteiger partial charge in [0, 0.05) is 11.0 Å². The summed E-state index contributed by atoms with van der Waals surface area (Å²) in [6.07, 6.45) is 5.08. The summed E-state index contributed by atoms with van der Waals surface area (Å²) in [5.74, 6) is 0.564. The molecular formula is C9H12O3P+. The molecule has 0 saturated carbocycles. The Labute approximate surface area is 78.4 Å². The Hall–Kier alpha value is -0.920. The van der Waals surface area contributed by atoms with Crippen LogP contribution in [0.4, 0.5) is 0 Å². The Balaban J connectivity index is 2.65. The average Bonchev–Trinajstić information content (AvgIpc) is 2.04. The number of allylic oxidation sites excluding steroid dienone is 5. The summed E-state index contributed by atoms with van der Waals surface area (Å²) >= 11 is 0.